The molecule has 0 heterocycles. The highest BCUT2D eigenvalue weighted by atomic mass is 127. The lowest BCUT2D eigenvalue weighted by Crippen LogP contribution is -2.37. The van der Waals surface area contributed by atoms with Gasteiger partial charge in [-0.25, -0.2) is 0 Å². The Balaban J connectivity index is 0.00000288. The summed E-state index contributed by atoms with van der Waals surface area (Å²) in [5, 5.41) is 16.3. The first-order chi connectivity index (χ1) is 11.2. The largest absolute Gasteiger partial charge is 0.508 e. The number of hydrogen-bond donors (Lipinski definition) is 3. The number of nitrogens with one attached hydrogen (secondary N) is 2. The SMILES string of the molecule is CN=C(NCCCOCC1CC1)NCc1cc(OC)ccc1O.I. The molecule has 2 rings (SSSR count). The van der Waals surface area contributed by atoms with Crippen LogP contribution in [0.1, 0.15) is 24.8 Å². The second-order valence-corrected chi connectivity index (χ2v) is 5.72. The molecule has 0 unspecified atom stereocenters. The molecule has 0 bridgehead atoms. The minimum Gasteiger partial charge on any atom is -0.508 e. The molecule has 24 heavy (non-hydrogen) atoms. The number of hydrogen-bond acceptors (Lipinski definition) is 4. The van der Waals surface area contributed by atoms with Crippen LogP contribution in [0.2, 0.25) is 0 Å². The summed E-state index contributed by atoms with van der Waals surface area (Å²) < 4.78 is 10.8. The van der Waals surface area contributed by atoms with Crippen molar-refractivity contribution in [1.82, 2.24) is 10.6 Å². The van der Waals surface area contributed by atoms with Gasteiger partial charge in [0.1, 0.15) is 11.5 Å². The van der Waals surface area contributed by atoms with Crippen molar-refractivity contribution in [3.8, 4) is 11.5 Å². The van der Waals surface area contributed by atoms with Crippen LogP contribution in [0.5, 0.6) is 11.5 Å². The molecule has 1 aliphatic carbocycles. The molecular weight excluding hydrogens is 421 g/mol. The number of methoxy groups -OCH3 is 1. The number of aliphatic imine (C=N–C) groups is 1. The van der Waals surface area contributed by atoms with Crippen molar-refractivity contribution < 1.29 is 14.6 Å². The summed E-state index contributed by atoms with van der Waals surface area (Å²) in [6, 6.07) is 5.16. The van der Waals surface area contributed by atoms with Crippen LogP contribution in [0.25, 0.3) is 0 Å². The molecule has 0 saturated heterocycles. The van der Waals surface area contributed by atoms with Gasteiger partial charge in [0, 0.05) is 38.9 Å². The Hall–Kier alpha value is -1.22. The van der Waals surface area contributed by atoms with Gasteiger partial charge in [0.05, 0.1) is 7.11 Å². The Morgan fingerprint density at radius 1 is 1.33 bits per heavy atom. The fourth-order valence-corrected chi connectivity index (χ4v) is 2.15. The van der Waals surface area contributed by atoms with Crippen molar-refractivity contribution in [2.24, 2.45) is 10.9 Å². The van der Waals surface area contributed by atoms with Crippen LogP contribution in [-0.4, -0.2) is 45.0 Å². The Bertz CT molecular complexity index is 522. The van der Waals surface area contributed by atoms with Gasteiger partial charge in [0.2, 0.25) is 0 Å². The van der Waals surface area contributed by atoms with E-state index < -0.39 is 0 Å². The number of halogens is 1. The van der Waals surface area contributed by atoms with E-state index >= 15 is 0 Å². The second-order valence-electron chi connectivity index (χ2n) is 5.72. The number of guanidine groups is 1. The number of ether oxygens (including phenoxy) is 2. The van der Waals surface area contributed by atoms with Gasteiger partial charge in [-0.3, -0.25) is 4.99 Å². The van der Waals surface area contributed by atoms with E-state index in [0.717, 1.165) is 43.4 Å². The van der Waals surface area contributed by atoms with Gasteiger partial charge in [0.15, 0.2) is 5.96 Å². The minimum absolute atomic E-state index is 0. The Labute approximate surface area is 161 Å². The van der Waals surface area contributed by atoms with E-state index in [0.29, 0.717) is 12.5 Å². The lowest BCUT2D eigenvalue weighted by Gasteiger charge is -2.13. The number of phenols is 1. The van der Waals surface area contributed by atoms with E-state index in [-0.39, 0.29) is 29.7 Å². The summed E-state index contributed by atoms with van der Waals surface area (Å²) in [4.78, 5) is 4.17. The van der Waals surface area contributed by atoms with Crippen LogP contribution in [0.3, 0.4) is 0 Å². The van der Waals surface area contributed by atoms with Crippen LogP contribution >= 0.6 is 24.0 Å². The Morgan fingerprint density at radius 2 is 2.12 bits per heavy atom. The molecule has 3 N–H and O–H groups in total. The summed E-state index contributed by atoms with van der Waals surface area (Å²) in [5.74, 6) is 2.47. The van der Waals surface area contributed by atoms with Gasteiger partial charge in [-0.2, -0.15) is 0 Å². The number of aromatic hydroxyl groups is 1. The minimum atomic E-state index is 0. The molecule has 0 spiro atoms. The average molecular weight is 449 g/mol. The molecule has 1 fully saturated rings. The monoisotopic (exact) mass is 449 g/mol. The van der Waals surface area contributed by atoms with Crippen molar-refractivity contribution in [3.05, 3.63) is 23.8 Å². The van der Waals surface area contributed by atoms with Crippen LogP contribution in [0.4, 0.5) is 0 Å². The molecule has 1 saturated carbocycles. The normalized spacial score (nSPS) is 14.0. The first-order valence-electron chi connectivity index (χ1n) is 8.11. The molecule has 0 radical (unpaired) electrons. The summed E-state index contributed by atoms with van der Waals surface area (Å²) in [7, 11) is 3.33. The van der Waals surface area contributed by atoms with Gasteiger partial charge in [0.25, 0.3) is 0 Å². The highest BCUT2D eigenvalue weighted by molar-refractivity contribution is 14.0. The number of benzene rings is 1. The van der Waals surface area contributed by atoms with Crippen LogP contribution in [-0.2, 0) is 11.3 Å². The zero-order valence-corrected chi connectivity index (χ0v) is 16.7. The fraction of sp³-hybridized carbons (Fsp3) is 0.588. The number of nitrogens with zero attached hydrogens (tertiary/aromatic N) is 1. The van der Waals surface area contributed by atoms with E-state index in [1.165, 1.54) is 12.8 Å². The molecule has 136 valence electrons. The average Bonchev–Trinajstić information content (AvgIpc) is 3.39. The van der Waals surface area contributed by atoms with E-state index in [2.05, 4.69) is 15.6 Å². The summed E-state index contributed by atoms with van der Waals surface area (Å²) >= 11 is 0. The lowest BCUT2D eigenvalue weighted by atomic mass is 10.2. The lowest BCUT2D eigenvalue weighted by molar-refractivity contribution is 0.123. The number of phenolic OH excluding ortho intramolecular Hbond substituents is 1. The summed E-state index contributed by atoms with van der Waals surface area (Å²) in [6.07, 6.45) is 3.59. The zero-order chi connectivity index (χ0) is 16.5. The quantitative estimate of drug-likeness (QED) is 0.234. The molecule has 1 aromatic carbocycles. The van der Waals surface area contributed by atoms with Crippen molar-refractivity contribution in [1.29, 1.82) is 0 Å². The standard InChI is InChI=1S/C17H27N3O3.HI/c1-18-17(19-8-3-9-23-12-13-4-5-13)20-11-14-10-15(22-2)6-7-16(14)21;/h6-7,10,13,21H,3-5,8-9,11-12H2,1-2H3,(H2,18,19,20);1H. The Kier molecular flexibility index (Phi) is 9.85. The predicted octanol–water partition coefficient (Wildman–Crippen LogP) is 2.50. The maximum atomic E-state index is 9.87. The Morgan fingerprint density at radius 3 is 2.79 bits per heavy atom. The van der Waals surface area contributed by atoms with E-state index in [4.69, 9.17) is 9.47 Å². The smallest absolute Gasteiger partial charge is 0.191 e. The third-order valence-electron chi connectivity index (χ3n) is 3.76. The molecule has 0 aliphatic heterocycles. The van der Waals surface area contributed by atoms with E-state index in [1.54, 1.807) is 32.4 Å². The van der Waals surface area contributed by atoms with Gasteiger partial charge in [-0.1, -0.05) is 0 Å². The highest BCUT2D eigenvalue weighted by Gasteiger charge is 2.20. The van der Waals surface area contributed by atoms with Crippen molar-refractivity contribution in [2.75, 3.05) is 33.9 Å². The maximum absolute atomic E-state index is 9.87. The number of rotatable bonds is 9. The molecule has 1 aliphatic rings. The predicted molar refractivity (Wildman–Crippen MR) is 106 cm³/mol. The molecule has 0 amide bonds. The van der Waals surface area contributed by atoms with Gasteiger partial charge in [-0.15, -0.1) is 24.0 Å². The molecular formula is C17H28IN3O3. The topological polar surface area (TPSA) is 75.1 Å². The molecule has 6 nitrogen and oxygen atoms in total. The van der Waals surface area contributed by atoms with Crippen LogP contribution in [0.15, 0.2) is 23.2 Å². The highest BCUT2D eigenvalue weighted by Crippen LogP contribution is 2.28. The molecule has 0 aromatic heterocycles. The van der Waals surface area contributed by atoms with E-state index in [1.807, 2.05) is 0 Å². The molecule has 7 heteroatoms. The summed E-state index contributed by atoms with van der Waals surface area (Å²) in [5.41, 5.74) is 0.764. The van der Waals surface area contributed by atoms with Gasteiger partial charge >= 0.3 is 0 Å². The zero-order valence-electron chi connectivity index (χ0n) is 14.4. The fourth-order valence-electron chi connectivity index (χ4n) is 2.15. The van der Waals surface area contributed by atoms with Gasteiger partial charge in [-0.05, 0) is 43.4 Å². The maximum Gasteiger partial charge on any atom is 0.191 e. The first-order valence-corrected chi connectivity index (χ1v) is 8.11. The first kappa shape index (κ1) is 20.8. The van der Waals surface area contributed by atoms with Gasteiger partial charge < -0.3 is 25.2 Å². The van der Waals surface area contributed by atoms with Crippen LogP contribution in [0, 0.1) is 5.92 Å². The van der Waals surface area contributed by atoms with Crippen molar-refractivity contribution in [2.45, 2.75) is 25.8 Å². The van der Waals surface area contributed by atoms with Crippen molar-refractivity contribution in [3.63, 3.8) is 0 Å². The van der Waals surface area contributed by atoms with Crippen molar-refractivity contribution >= 4 is 29.9 Å². The summed E-state index contributed by atoms with van der Waals surface area (Å²) in [6.45, 7) is 2.95. The van der Waals surface area contributed by atoms with E-state index in [9.17, 15) is 5.11 Å². The molecule has 1 aromatic rings. The van der Waals surface area contributed by atoms with Crippen LogP contribution < -0.4 is 15.4 Å². The third kappa shape index (κ3) is 7.57. The third-order valence-corrected chi connectivity index (χ3v) is 3.76. The second kappa shape index (κ2) is 11.4. The molecule has 0 atom stereocenters.